The summed E-state index contributed by atoms with van der Waals surface area (Å²) in [6, 6.07) is 7.68. The van der Waals surface area contributed by atoms with Crippen LogP contribution in [0.15, 0.2) is 28.7 Å². The third-order valence-corrected chi connectivity index (χ3v) is 3.94. The maximum absolute atomic E-state index is 12.1. The van der Waals surface area contributed by atoms with Gasteiger partial charge in [-0.2, -0.15) is 0 Å². The molecule has 0 aliphatic carbocycles. The monoisotopic (exact) mass is 288 g/mol. The smallest absolute Gasteiger partial charge is 0.269 e. The van der Waals surface area contributed by atoms with Crippen molar-refractivity contribution in [3.8, 4) is 0 Å². The summed E-state index contributed by atoms with van der Waals surface area (Å²) in [5.41, 5.74) is 9.43. The first-order valence-corrected chi connectivity index (χ1v) is 7.18. The third-order valence-electron chi connectivity index (χ3n) is 3.94. The molecule has 1 aliphatic heterocycles. The van der Waals surface area contributed by atoms with E-state index >= 15 is 0 Å². The lowest BCUT2D eigenvalue weighted by Gasteiger charge is -2.30. The zero-order chi connectivity index (χ0) is 14.8. The zero-order valence-electron chi connectivity index (χ0n) is 11.8. The molecule has 1 amide bonds. The van der Waals surface area contributed by atoms with Crippen LogP contribution >= 0.6 is 0 Å². The number of carbonyl (C=O) groups excluding carboxylic acids is 1. The first-order chi connectivity index (χ1) is 10.2. The van der Waals surface area contributed by atoms with Gasteiger partial charge in [0.1, 0.15) is 11.3 Å². The second-order valence-electron chi connectivity index (χ2n) is 5.51. The fourth-order valence-corrected chi connectivity index (χ4v) is 2.97. The van der Waals surface area contributed by atoms with Gasteiger partial charge < -0.3 is 10.2 Å². The number of rotatable bonds is 3. The highest BCUT2D eigenvalue weighted by Crippen LogP contribution is 2.27. The first kappa shape index (κ1) is 14.1. The number of fused-ring (bicyclic) bond motifs is 1. The van der Waals surface area contributed by atoms with Crippen LogP contribution in [-0.4, -0.2) is 29.9 Å². The second-order valence-corrected chi connectivity index (χ2v) is 5.51. The van der Waals surface area contributed by atoms with Gasteiger partial charge in [-0.1, -0.05) is 18.2 Å². The molecule has 1 aliphatic rings. The Morgan fingerprint density at radius 2 is 2.24 bits per heavy atom. The lowest BCUT2D eigenvalue weighted by Crippen LogP contribution is -2.42. The van der Waals surface area contributed by atoms with Gasteiger partial charge in [0.2, 0.25) is 0 Å². The van der Waals surface area contributed by atoms with E-state index < -0.39 is 0 Å². The maximum atomic E-state index is 12.1. The van der Waals surface area contributed by atoms with E-state index in [1.807, 2.05) is 24.3 Å². The number of hydrazine groups is 1. The van der Waals surface area contributed by atoms with Crippen molar-refractivity contribution < 1.29 is 9.21 Å². The van der Waals surface area contributed by atoms with E-state index in [0.717, 1.165) is 31.3 Å². The minimum Gasteiger partial charge on any atom is -0.459 e. The molecule has 1 aromatic carbocycles. The molecular formula is C15H20N4O2. The Labute approximate surface area is 123 Å². The van der Waals surface area contributed by atoms with Gasteiger partial charge in [0.25, 0.3) is 5.91 Å². The average Bonchev–Trinajstić information content (AvgIpc) is 2.84. The quantitative estimate of drug-likeness (QED) is 0.444. The van der Waals surface area contributed by atoms with E-state index in [4.69, 9.17) is 16.0 Å². The van der Waals surface area contributed by atoms with E-state index in [1.54, 1.807) is 0 Å². The Hall–Kier alpha value is -1.89. The summed E-state index contributed by atoms with van der Waals surface area (Å²) in [4.78, 5) is 14.3. The first-order valence-electron chi connectivity index (χ1n) is 7.18. The zero-order valence-corrected chi connectivity index (χ0v) is 11.8. The van der Waals surface area contributed by atoms with Gasteiger partial charge in [0, 0.05) is 18.0 Å². The molecule has 0 saturated carbocycles. The van der Waals surface area contributed by atoms with Crippen molar-refractivity contribution in [2.24, 2.45) is 11.6 Å². The van der Waals surface area contributed by atoms with Crippen molar-refractivity contribution in [2.75, 3.05) is 13.1 Å². The lowest BCUT2D eigenvalue weighted by atomic mass is 10.1. The molecule has 6 heteroatoms. The Morgan fingerprint density at radius 1 is 1.43 bits per heavy atom. The number of benzene rings is 1. The number of likely N-dealkylation sites (tertiary alicyclic amines) is 1. The molecule has 3 rings (SSSR count). The minimum atomic E-state index is -0.323. The van der Waals surface area contributed by atoms with E-state index in [2.05, 4.69) is 10.3 Å². The topological polar surface area (TPSA) is 97.5 Å². The van der Waals surface area contributed by atoms with E-state index in [-0.39, 0.29) is 11.9 Å². The number of para-hydroxylation sites is 1. The third kappa shape index (κ3) is 2.78. The van der Waals surface area contributed by atoms with Crippen molar-refractivity contribution in [1.82, 2.24) is 10.3 Å². The molecule has 1 saturated heterocycles. The van der Waals surface area contributed by atoms with Gasteiger partial charge >= 0.3 is 0 Å². The molecule has 1 aromatic heterocycles. The Morgan fingerprint density at radius 3 is 3.00 bits per heavy atom. The van der Waals surface area contributed by atoms with E-state index in [0.29, 0.717) is 23.5 Å². The molecule has 2 heterocycles. The van der Waals surface area contributed by atoms with Crippen molar-refractivity contribution in [1.29, 1.82) is 0 Å². The van der Waals surface area contributed by atoms with Crippen LogP contribution in [0.2, 0.25) is 0 Å². The predicted octanol–water partition coefficient (Wildman–Crippen LogP) is 0.959. The highest BCUT2D eigenvalue weighted by atomic mass is 16.3. The van der Waals surface area contributed by atoms with Gasteiger partial charge in [0.05, 0.1) is 12.1 Å². The molecule has 112 valence electrons. The highest BCUT2D eigenvalue weighted by molar-refractivity contribution is 6.07. The summed E-state index contributed by atoms with van der Waals surface area (Å²) in [5.74, 6) is 5.63. The molecule has 21 heavy (non-hydrogen) atoms. The average molecular weight is 288 g/mol. The lowest BCUT2D eigenvalue weighted by molar-refractivity contribution is 0.0950. The number of carbonyl (C=O) groups is 1. The molecule has 1 fully saturated rings. The molecule has 0 radical (unpaired) electrons. The summed E-state index contributed by atoms with van der Waals surface area (Å²) in [6.45, 7) is 2.36. The number of nitrogens with one attached hydrogen (secondary N) is 1. The largest absolute Gasteiger partial charge is 0.459 e. The van der Waals surface area contributed by atoms with Gasteiger partial charge in [-0.25, -0.2) is 5.84 Å². The number of amides is 1. The van der Waals surface area contributed by atoms with Crippen LogP contribution in [0.25, 0.3) is 11.0 Å². The predicted molar refractivity (Wildman–Crippen MR) is 80.4 cm³/mol. The molecule has 6 nitrogen and oxygen atoms in total. The van der Waals surface area contributed by atoms with Crippen molar-refractivity contribution in [3.05, 3.63) is 35.6 Å². The van der Waals surface area contributed by atoms with Crippen LogP contribution in [0.4, 0.5) is 0 Å². The summed E-state index contributed by atoms with van der Waals surface area (Å²) in [7, 11) is 0. The summed E-state index contributed by atoms with van der Waals surface area (Å²) in [5, 5.41) is 0.789. The molecule has 5 N–H and O–H groups in total. The Balaban J connectivity index is 1.95. The number of nitrogen functional groups attached to an aromatic ring is 1. The van der Waals surface area contributed by atoms with Crippen LogP contribution in [0.1, 0.15) is 29.0 Å². The number of hydrogen-bond donors (Lipinski definition) is 3. The van der Waals surface area contributed by atoms with Gasteiger partial charge in [-0.05, 0) is 25.5 Å². The van der Waals surface area contributed by atoms with Crippen LogP contribution in [0.3, 0.4) is 0 Å². The summed E-state index contributed by atoms with van der Waals surface area (Å²) in [6.07, 6.45) is 2.12. The minimum absolute atomic E-state index is 0.190. The molecular weight excluding hydrogens is 268 g/mol. The molecule has 0 spiro atoms. The highest BCUT2D eigenvalue weighted by Gasteiger charge is 2.24. The van der Waals surface area contributed by atoms with Crippen LogP contribution in [-0.2, 0) is 6.54 Å². The van der Waals surface area contributed by atoms with Gasteiger partial charge in [-0.15, -0.1) is 0 Å². The van der Waals surface area contributed by atoms with E-state index in [1.165, 1.54) is 0 Å². The fraction of sp³-hybridized carbons (Fsp3) is 0.400. The number of hydrogen-bond acceptors (Lipinski definition) is 5. The summed E-state index contributed by atoms with van der Waals surface area (Å²) < 4.78 is 5.86. The standard InChI is InChI=1S/C15H20N4O2/c16-10-4-3-7-19(8-10)9-13-14(15(20)18-17)11-5-1-2-6-12(11)21-13/h1-2,5-6,10H,3-4,7-9,16-17H2,(H,18,20). The summed E-state index contributed by atoms with van der Waals surface area (Å²) >= 11 is 0. The molecule has 0 bridgehead atoms. The van der Waals surface area contributed by atoms with Crippen molar-refractivity contribution in [2.45, 2.75) is 25.4 Å². The van der Waals surface area contributed by atoms with E-state index in [9.17, 15) is 4.79 Å². The maximum Gasteiger partial charge on any atom is 0.269 e. The number of nitrogens with zero attached hydrogens (tertiary/aromatic N) is 1. The molecule has 2 aromatic rings. The van der Waals surface area contributed by atoms with Crippen molar-refractivity contribution in [3.63, 3.8) is 0 Å². The van der Waals surface area contributed by atoms with Crippen LogP contribution in [0.5, 0.6) is 0 Å². The van der Waals surface area contributed by atoms with Gasteiger partial charge in [-0.3, -0.25) is 15.1 Å². The molecule has 1 unspecified atom stereocenters. The SMILES string of the molecule is NNC(=O)c1c(CN2CCCC(N)C2)oc2ccccc12. The Kier molecular flexibility index (Phi) is 3.92. The molecule has 1 atom stereocenters. The fourth-order valence-electron chi connectivity index (χ4n) is 2.97. The normalized spacial score (nSPS) is 19.8. The number of nitrogens with two attached hydrogens (primary N) is 2. The van der Waals surface area contributed by atoms with Crippen LogP contribution in [0, 0.1) is 0 Å². The Bertz CT molecular complexity index is 652. The second kappa shape index (κ2) is 5.85. The number of furan rings is 1. The van der Waals surface area contributed by atoms with Crippen molar-refractivity contribution >= 4 is 16.9 Å². The van der Waals surface area contributed by atoms with Gasteiger partial charge in [0.15, 0.2) is 0 Å². The number of piperidine rings is 1. The van der Waals surface area contributed by atoms with Crippen LogP contribution < -0.4 is 17.0 Å².